The third kappa shape index (κ3) is 5.68. The van der Waals surface area contributed by atoms with Gasteiger partial charge >= 0.3 is 6.36 Å². The number of aromatic nitrogens is 1. The molecule has 1 amide bonds. The molecule has 0 saturated heterocycles. The SMILES string of the molecule is O=C(Nc1cc[n+]([O-])cc1)c1c(Oc2ccc(OC(F)(F)F)cc2)cc(Cl)c(Cl)c1F. The summed E-state index contributed by atoms with van der Waals surface area (Å²) in [4.78, 5) is 12.6. The lowest BCUT2D eigenvalue weighted by atomic mass is 10.1. The van der Waals surface area contributed by atoms with Crippen molar-refractivity contribution in [2.45, 2.75) is 6.36 Å². The van der Waals surface area contributed by atoms with E-state index < -0.39 is 34.4 Å². The van der Waals surface area contributed by atoms with Crippen LogP contribution in [-0.4, -0.2) is 12.3 Å². The second-order valence-corrected chi connectivity index (χ2v) is 6.67. The number of pyridine rings is 1. The predicted octanol–water partition coefficient (Wildman–Crippen LogP) is 5.71. The molecule has 2 aromatic carbocycles. The Hall–Kier alpha value is -3.24. The average Bonchev–Trinajstić information content (AvgIpc) is 2.68. The van der Waals surface area contributed by atoms with Gasteiger partial charge in [-0.05, 0) is 24.3 Å². The van der Waals surface area contributed by atoms with Crippen molar-refractivity contribution >= 4 is 34.8 Å². The number of hydrogen-bond acceptors (Lipinski definition) is 4. The number of hydrogen-bond donors (Lipinski definition) is 1. The Morgan fingerprint density at radius 2 is 1.61 bits per heavy atom. The first-order valence-electron chi connectivity index (χ1n) is 8.25. The van der Waals surface area contributed by atoms with Crippen LogP contribution in [0.1, 0.15) is 10.4 Å². The van der Waals surface area contributed by atoms with E-state index in [1.165, 1.54) is 12.1 Å². The third-order valence-corrected chi connectivity index (χ3v) is 4.46. The van der Waals surface area contributed by atoms with Crippen molar-refractivity contribution < 1.29 is 36.6 Å². The highest BCUT2D eigenvalue weighted by Gasteiger charge is 2.31. The van der Waals surface area contributed by atoms with E-state index in [1.54, 1.807) is 0 Å². The number of nitrogens with one attached hydrogen (secondary N) is 1. The van der Waals surface area contributed by atoms with Gasteiger partial charge < -0.3 is 20.0 Å². The van der Waals surface area contributed by atoms with Gasteiger partial charge in [-0.3, -0.25) is 4.79 Å². The van der Waals surface area contributed by atoms with Crippen molar-refractivity contribution in [3.8, 4) is 17.2 Å². The molecule has 3 rings (SSSR count). The first-order valence-corrected chi connectivity index (χ1v) is 9.00. The molecule has 0 unspecified atom stereocenters. The Balaban J connectivity index is 1.91. The number of alkyl halides is 3. The minimum Gasteiger partial charge on any atom is -0.619 e. The molecule has 0 aliphatic rings. The van der Waals surface area contributed by atoms with Crippen molar-refractivity contribution in [1.29, 1.82) is 0 Å². The number of nitrogens with zero attached hydrogens (tertiary/aromatic N) is 1. The van der Waals surface area contributed by atoms with Gasteiger partial charge in [-0.25, -0.2) is 4.39 Å². The average molecular weight is 477 g/mol. The second-order valence-electron chi connectivity index (χ2n) is 5.88. The van der Waals surface area contributed by atoms with Gasteiger partial charge in [0.2, 0.25) is 0 Å². The number of benzene rings is 2. The molecule has 0 aliphatic carbocycles. The van der Waals surface area contributed by atoms with Crippen LogP contribution in [0.2, 0.25) is 10.0 Å². The van der Waals surface area contributed by atoms with Crippen LogP contribution in [0, 0.1) is 11.0 Å². The van der Waals surface area contributed by atoms with Gasteiger partial charge in [0.1, 0.15) is 22.8 Å². The second kappa shape index (κ2) is 8.86. The van der Waals surface area contributed by atoms with Crippen molar-refractivity contribution in [2.24, 2.45) is 0 Å². The highest BCUT2D eigenvalue weighted by atomic mass is 35.5. The number of rotatable bonds is 5. The Kier molecular flexibility index (Phi) is 6.42. The van der Waals surface area contributed by atoms with Gasteiger partial charge in [0.25, 0.3) is 5.91 Å². The molecule has 12 heteroatoms. The summed E-state index contributed by atoms with van der Waals surface area (Å²) in [6.45, 7) is 0. The van der Waals surface area contributed by atoms with Crippen molar-refractivity contribution in [3.05, 3.63) is 81.5 Å². The maximum absolute atomic E-state index is 14.7. The summed E-state index contributed by atoms with van der Waals surface area (Å²) in [7, 11) is 0. The van der Waals surface area contributed by atoms with Gasteiger partial charge in [-0.1, -0.05) is 23.2 Å². The molecule has 6 nitrogen and oxygen atoms in total. The largest absolute Gasteiger partial charge is 0.619 e. The molecule has 0 aliphatic heterocycles. The smallest absolute Gasteiger partial charge is 0.573 e. The number of carbonyl (C=O) groups is 1. The molecule has 0 bridgehead atoms. The Labute approximate surface area is 182 Å². The molecule has 3 aromatic rings. The van der Waals surface area contributed by atoms with Gasteiger partial charge in [0.05, 0.1) is 15.7 Å². The number of ether oxygens (including phenoxy) is 2. The molecule has 162 valence electrons. The van der Waals surface area contributed by atoms with Crippen LogP contribution in [0.15, 0.2) is 54.9 Å². The fraction of sp³-hybridized carbons (Fsp3) is 0.0526. The molecule has 0 saturated carbocycles. The first kappa shape index (κ1) is 22.4. The normalized spacial score (nSPS) is 11.2. The minimum atomic E-state index is -4.87. The van der Waals surface area contributed by atoms with E-state index in [2.05, 4.69) is 10.1 Å². The zero-order valence-corrected chi connectivity index (χ0v) is 16.6. The standard InChI is InChI=1S/C19H10Cl2F4N2O4/c20-13-9-14(30-11-1-3-12(4-2-11)31-19(23,24)25)15(17(22)16(13)21)18(28)26-10-5-7-27(29)8-6-10/h1-9H,(H,26,28). The third-order valence-electron chi connectivity index (χ3n) is 3.70. The predicted molar refractivity (Wildman–Crippen MR) is 103 cm³/mol. The lowest BCUT2D eigenvalue weighted by Gasteiger charge is -2.15. The van der Waals surface area contributed by atoms with Crippen LogP contribution in [0.25, 0.3) is 0 Å². The van der Waals surface area contributed by atoms with E-state index in [1.807, 2.05) is 0 Å². The quantitative estimate of drug-likeness (QED) is 0.221. The summed E-state index contributed by atoms with van der Waals surface area (Å²) in [6.07, 6.45) is -2.64. The van der Waals surface area contributed by atoms with Crippen molar-refractivity contribution in [2.75, 3.05) is 5.32 Å². The molecule has 31 heavy (non-hydrogen) atoms. The number of amides is 1. The van der Waals surface area contributed by atoms with Gasteiger partial charge in [0.15, 0.2) is 18.2 Å². The maximum atomic E-state index is 14.7. The highest BCUT2D eigenvalue weighted by Crippen LogP contribution is 2.37. The van der Waals surface area contributed by atoms with Crippen LogP contribution in [0.5, 0.6) is 17.2 Å². The zero-order chi connectivity index (χ0) is 22.8. The van der Waals surface area contributed by atoms with Crippen LogP contribution >= 0.6 is 23.2 Å². The summed E-state index contributed by atoms with van der Waals surface area (Å²) in [5.74, 6) is -3.02. The lowest BCUT2D eigenvalue weighted by Crippen LogP contribution is -2.24. The van der Waals surface area contributed by atoms with E-state index in [4.69, 9.17) is 27.9 Å². The molecular weight excluding hydrogens is 467 g/mol. The zero-order valence-electron chi connectivity index (χ0n) is 15.0. The van der Waals surface area contributed by atoms with Crippen LogP contribution in [0.4, 0.5) is 23.2 Å². The molecule has 1 heterocycles. The highest BCUT2D eigenvalue weighted by molar-refractivity contribution is 6.42. The summed E-state index contributed by atoms with van der Waals surface area (Å²) >= 11 is 11.7. The van der Waals surface area contributed by atoms with Crippen molar-refractivity contribution in [3.63, 3.8) is 0 Å². The fourth-order valence-electron chi connectivity index (χ4n) is 2.39. The van der Waals surface area contributed by atoms with E-state index >= 15 is 0 Å². The van der Waals surface area contributed by atoms with E-state index in [0.29, 0.717) is 4.73 Å². The summed E-state index contributed by atoms with van der Waals surface area (Å²) in [6, 6.07) is 7.82. The van der Waals surface area contributed by atoms with E-state index in [-0.39, 0.29) is 22.2 Å². The Bertz CT molecular complexity index is 1110. The minimum absolute atomic E-state index is 0.0338. The van der Waals surface area contributed by atoms with E-state index in [0.717, 1.165) is 42.7 Å². The molecule has 0 atom stereocenters. The topological polar surface area (TPSA) is 74.5 Å². The van der Waals surface area contributed by atoms with Crippen LogP contribution < -0.4 is 19.5 Å². The summed E-state index contributed by atoms with van der Waals surface area (Å²) in [5.41, 5.74) is -0.425. The monoisotopic (exact) mass is 476 g/mol. The Morgan fingerprint density at radius 3 is 2.19 bits per heavy atom. The van der Waals surface area contributed by atoms with Gasteiger partial charge in [-0.15, -0.1) is 13.2 Å². The van der Waals surface area contributed by atoms with Crippen LogP contribution in [-0.2, 0) is 0 Å². The van der Waals surface area contributed by atoms with Gasteiger partial charge in [0, 0.05) is 18.2 Å². The molecule has 0 spiro atoms. The Morgan fingerprint density at radius 1 is 1.03 bits per heavy atom. The summed E-state index contributed by atoms with van der Waals surface area (Å²) in [5, 5.41) is 12.7. The van der Waals surface area contributed by atoms with Crippen LogP contribution in [0.3, 0.4) is 0 Å². The first-order chi connectivity index (χ1) is 14.5. The van der Waals surface area contributed by atoms with Crippen molar-refractivity contribution in [1.82, 2.24) is 0 Å². The number of anilines is 1. The fourth-order valence-corrected chi connectivity index (χ4v) is 2.72. The molecule has 0 fully saturated rings. The van der Waals surface area contributed by atoms with Gasteiger partial charge in [-0.2, -0.15) is 4.73 Å². The molecule has 1 N–H and O–H groups in total. The molecule has 0 radical (unpaired) electrons. The summed E-state index contributed by atoms with van der Waals surface area (Å²) < 4.78 is 61.2. The maximum Gasteiger partial charge on any atom is 0.573 e. The number of carbonyl (C=O) groups excluding carboxylic acids is 1. The van der Waals surface area contributed by atoms with E-state index in [9.17, 15) is 27.6 Å². The molecular formula is C19H10Cl2F4N2O4. The lowest BCUT2D eigenvalue weighted by molar-refractivity contribution is -0.605. The number of halogens is 6. The molecule has 1 aromatic heterocycles.